The number of hydrogen-bond acceptors (Lipinski definition) is 2. The Balaban J connectivity index is 2.02. The lowest BCUT2D eigenvalue weighted by molar-refractivity contribution is -0.255. The van der Waals surface area contributed by atoms with Crippen molar-refractivity contribution in [3.8, 4) is 0 Å². The number of benzene rings is 2. The van der Waals surface area contributed by atoms with Crippen LogP contribution in [0.25, 0.3) is 11.6 Å². The monoisotopic (exact) mass is 375 g/mol. The second-order valence-corrected chi connectivity index (χ2v) is 9.41. The molecule has 0 aromatic heterocycles. The molecule has 0 saturated heterocycles. The van der Waals surface area contributed by atoms with Gasteiger partial charge in [0.05, 0.1) is 5.97 Å². The number of carboxylic acid groups (broad SMARTS) is 1. The average molecular weight is 376 g/mol. The van der Waals surface area contributed by atoms with Crippen LogP contribution >= 0.6 is 0 Å². The van der Waals surface area contributed by atoms with Gasteiger partial charge < -0.3 is 9.90 Å². The molecule has 2 aromatic carbocycles. The summed E-state index contributed by atoms with van der Waals surface area (Å²) in [6.45, 7) is 13.5. The second-order valence-electron chi connectivity index (χ2n) is 9.41. The zero-order chi connectivity index (χ0) is 20.7. The van der Waals surface area contributed by atoms with Crippen molar-refractivity contribution in [1.82, 2.24) is 0 Å². The van der Waals surface area contributed by atoms with Gasteiger partial charge in [0.25, 0.3) is 0 Å². The lowest BCUT2D eigenvalue weighted by Gasteiger charge is -2.42. The summed E-state index contributed by atoms with van der Waals surface area (Å²) in [4.78, 5) is 11.3. The van der Waals surface area contributed by atoms with Gasteiger partial charge in [-0.3, -0.25) is 0 Å². The lowest BCUT2D eigenvalue weighted by Crippen LogP contribution is -2.33. The van der Waals surface area contributed by atoms with Crippen LogP contribution in [0.3, 0.4) is 0 Å². The summed E-state index contributed by atoms with van der Waals surface area (Å²) in [6.07, 6.45) is 5.22. The molecule has 3 rings (SSSR count). The van der Waals surface area contributed by atoms with Crippen LogP contribution < -0.4 is 5.11 Å². The Morgan fingerprint density at radius 2 is 1.64 bits per heavy atom. The van der Waals surface area contributed by atoms with Crippen molar-refractivity contribution in [2.75, 3.05) is 0 Å². The minimum absolute atomic E-state index is 0.187. The van der Waals surface area contributed by atoms with Crippen molar-refractivity contribution in [3.05, 3.63) is 69.8 Å². The van der Waals surface area contributed by atoms with Gasteiger partial charge in [0.15, 0.2) is 0 Å². The molecular weight excluding hydrogens is 344 g/mol. The van der Waals surface area contributed by atoms with Crippen molar-refractivity contribution >= 4 is 17.6 Å². The zero-order valence-electron chi connectivity index (χ0n) is 18.0. The molecule has 2 aromatic rings. The summed E-state index contributed by atoms with van der Waals surface area (Å²) in [7, 11) is 0. The first-order chi connectivity index (χ1) is 13.0. The van der Waals surface area contributed by atoms with Gasteiger partial charge in [-0.1, -0.05) is 77.1 Å². The molecule has 1 aliphatic rings. The standard InChI is InChI=1S/C26H32O2/c1-7-19-15-18(8-10-21(19)24(27)28)14-17(2)20-9-11-22-23(16-20)26(5,6)13-12-25(22,3)4/h8-11,14-16H,7,12-13H2,1-6H3,(H,27,28)/p-1/b17-14+. The van der Waals surface area contributed by atoms with Gasteiger partial charge in [0.2, 0.25) is 0 Å². The topological polar surface area (TPSA) is 40.1 Å². The van der Waals surface area contributed by atoms with E-state index in [1.807, 2.05) is 19.1 Å². The van der Waals surface area contributed by atoms with E-state index in [0.29, 0.717) is 6.42 Å². The number of fused-ring (bicyclic) bond motifs is 1. The highest BCUT2D eigenvalue weighted by atomic mass is 16.4. The maximum absolute atomic E-state index is 11.3. The van der Waals surface area contributed by atoms with Crippen LogP contribution in [0.1, 0.15) is 92.6 Å². The third kappa shape index (κ3) is 3.78. The van der Waals surface area contributed by atoms with Gasteiger partial charge in [-0.25, -0.2) is 0 Å². The fourth-order valence-electron chi connectivity index (χ4n) is 4.36. The Morgan fingerprint density at radius 1 is 1.00 bits per heavy atom. The van der Waals surface area contributed by atoms with E-state index in [1.165, 1.54) is 35.1 Å². The molecule has 1 aliphatic carbocycles. The molecule has 0 radical (unpaired) electrons. The third-order valence-corrected chi connectivity index (χ3v) is 6.42. The lowest BCUT2D eigenvalue weighted by atomic mass is 9.63. The molecule has 0 heterocycles. The fourth-order valence-corrected chi connectivity index (χ4v) is 4.36. The number of carbonyl (C=O) groups is 1. The minimum atomic E-state index is -1.11. The molecule has 2 heteroatoms. The molecule has 0 bridgehead atoms. The van der Waals surface area contributed by atoms with Crippen LogP contribution in [0.5, 0.6) is 0 Å². The van der Waals surface area contributed by atoms with Crippen LogP contribution in [0.4, 0.5) is 0 Å². The number of carbonyl (C=O) groups excluding carboxylic acids is 1. The predicted octanol–water partition coefficient (Wildman–Crippen LogP) is 5.52. The van der Waals surface area contributed by atoms with E-state index in [1.54, 1.807) is 6.07 Å². The Kier molecular flexibility index (Phi) is 5.27. The molecule has 0 saturated carbocycles. The summed E-state index contributed by atoms with van der Waals surface area (Å²) in [5, 5.41) is 11.3. The van der Waals surface area contributed by atoms with Crippen molar-refractivity contribution in [2.45, 2.75) is 71.6 Å². The van der Waals surface area contributed by atoms with Crippen molar-refractivity contribution < 1.29 is 9.90 Å². The van der Waals surface area contributed by atoms with Crippen molar-refractivity contribution in [2.24, 2.45) is 0 Å². The van der Waals surface area contributed by atoms with Crippen LogP contribution in [0.2, 0.25) is 0 Å². The van der Waals surface area contributed by atoms with Crippen molar-refractivity contribution in [3.63, 3.8) is 0 Å². The van der Waals surface area contributed by atoms with Crippen LogP contribution in [-0.2, 0) is 17.3 Å². The molecule has 0 N–H and O–H groups in total. The van der Waals surface area contributed by atoms with E-state index in [0.717, 1.165) is 11.1 Å². The highest BCUT2D eigenvalue weighted by Gasteiger charge is 2.36. The largest absolute Gasteiger partial charge is 0.545 e. The summed E-state index contributed by atoms with van der Waals surface area (Å²) >= 11 is 0. The maximum atomic E-state index is 11.3. The van der Waals surface area contributed by atoms with Crippen LogP contribution in [0.15, 0.2) is 36.4 Å². The summed E-state index contributed by atoms with van der Waals surface area (Å²) in [5.41, 5.74) is 7.87. The van der Waals surface area contributed by atoms with Crippen LogP contribution in [0, 0.1) is 0 Å². The third-order valence-electron chi connectivity index (χ3n) is 6.42. The molecule has 0 aliphatic heterocycles. The molecule has 0 fully saturated rings. The van der Waals surface area contributed by atoms with E-state index in [9.17, 15) is 9.90 Å². The molecule has 0 atom stereocenters. The molecule has 0 unspecified atom stereocenters. The Labute approximate surface area is 169 Å². The SMILES string of the molecule is CCc1cc(/C=C(\C)c2ccc3c(c2)C(C)(C)CCC3(C)C)ccc1C(=O)[O-]. The van der Waals surface area contributed by atoms with Gasteiger partial charge in [0.1, 0.15) is 0 Å². The molecule has 0 amide bonds. The molecular formula is C26H31O2-. The molecule has 2 nitrogen and oxygen atoms in total. The summed E-state index contributed by atoms with van der Waals surface area (Å²) < 4.78 is 0. The zero-order valence-corrected chi connectivity index (χ0v) is 18.0. The van der Waals surface area contributed by atoms with Gasteiger partial charge >= 0.3 is 0 Å². The summed E-state index contributed by atoms with van der Waals surface area (Å²) in [6, 6.07) is 12.4. The van der Waals surface area contributed by atoms with E-state index >= 15 is 0 Å². The second kappa shape index (κ2) is 7.24. The Morgan fingerprint density at radius 3 is 2.25 bits per heavy atom. The maximum Gasteiger partial charge on any atom is 0.0718 e. The van der Waals surface area contributed by atoms with Gasteiger partial charge in [-0.15, -0.1) is 0 Å². The number of aromatic carboxylic acids is 1. The normalized spacial score (nSPS) is 17.9. The molecule has 148 valence electrons. The van der Waals surface area contributed by atoms with Gasteiger partial charge in [-0.2, -0.15) is 0 Å². The van der Waals surface area contributed by atoms with Gasteiger partial charge in [-0.05, 0) is 70.4 Å². The Bertz CT molecular complexity index is 945. The number of rotatable bonds is 4. The highest BCUT2D eigenvalue weighted by Crippen LogP contribution is 2.46. The number of allylic oxidation sites excluding steroid dienone is 1. The number of carboxylic acids is 1. The number of aryl methyl sites for hydroxylation is 1. The minimum Gasteiger partial charge on any atom is -0.545 e. The van der Waals surface area contributed by atoms with Gasteiger partial charge in [0, 0.05) is 5.56 Å². The van der Waals surface area contributed by atoms with E-state index in [-0.39, 0.29) is 16.4 Å². The fraction of sp³-hybridized carbons (Fsp3) is 0.423. The Hall–Kier alpha value is -2.35. The van der Waals surface area contributed by atoms with E-state index < -0.39 is 5.97 Å². The smallest absolute Gasteiger partial charge is 0.0718 e. The summed E-state index contributed by atoms with van der Waals surface area (Å²) in [5.74, 6) is -1.11. The highest BCUT2D eigenvalue weighted by molar-refractivity contribution is 5.89. The van der Waals surface area contributed by atoms with Crippen molar-refractivity contribution in [1.29, 1.82) is 0 Å². The van der Waals surface area contributed by atoms with E-state index in [2.05, 4.69) is 58.9 Å². The number of hydrogen-bond donors (Lipinski definition) is 0. The quantitative estimate of drug-likeness (QED) is 0.660. The molecule has 0 spiro atoms. The van der Waals surface area contributed by atoms with Crippen LogP contribution in [-0.4, -0.2) is 5.97 Å². The average Bonchev–Trinajstić information content (AvgIpc) is 2.65. The predicted molar refractivity (Wildman–Crippen MR) is 115 cm³/mol. The molecule has 28 heavy (non-hydrogen) atoms. The first kappa shape index (κ1) is 20.4. The first-order valence-electron chi connectivity index (χ1n) is 10.2. The first-order valence-corrected chi connectivity index (χ1v) is 10.2. The van der Waals surface area contributed by atoms with E-state index in [4.69, 9.17) is 0 Å².